The number of aliphatic hydroxyl groups is 1. The molecule has 0 aliphatic carbocycles. The third-order valence-electron chi connectivity index (χ3n) is 3.99. The van der Waals surface area contributed by atoms with Crippen LogP contribution in [-0.4, -0.2) is 11.2 Å². The van der Waals surface area contributed by atoms with Gasteiger partial charge in [0.2, 0.25) is 0 Å². The lowest BCUT2D eigenvalue weighted by Gasteiger charge is -2.16. The number of benzene rings is 1. The van der Waals surface area contributed by atoms with E-state index in [9.17, 15) is 5.11 Å². The molecule has 0 aromatic heterocycles. The van der Waals surface area contributed by atoms with Crippen molar-refractivity contribution >= 4 is 5.57 Å². The van der Waals surface area contributed by atoms with E-state index in [0.717, 1.165) is 19.3 Å². The number of hydrogen-bond donors (Lipinski definition) is 1. The van der Waals surface area contributed by atoms with Crippen LogP contribution in [-0.2, 0) is 0 Å². The quantitative estimate of drug-likeness (QED) is 0.406. The molecule has 1 aromatic carbocycles. The van der Waals surface area contributed by atoms with Crippen molar-refractivity contribution in [1.82, 2.24) is 0 Å². The number of unbranched alkanes of at least 4 members (excludes halogenated alkanes) is 4. The zero-order valence-corrected chi connectivity index (χ0v) is 14.5. The van der Waals surface area contributed by atoms with Crippen LogP contribution in [0.4, 0.5) is 0 Å². The lowest BCUT2D eigenvalue weighted by atomic mass is 9.92. The molecular formula is C21H32O. The van der Waals surface area contributed by atoms with Crippen LogP contribution in [0.1, 0.15) is 71.3 Å². The van der Waals surface area contributed by atoms with Crippen molar-refractivity contribution in [2.75, 3.05) is 0 Å². The Bertz CT molecular complexity index is 454. The highest BCUT2D eigenvalue weighted by molar-refractivity contribution is 5.77. The molecule has 0 radical (unpaired) electrons. The zero-order chi connectivity index (χ0) is 16.2. The molecule has 122 valence electrons. The average Bonchev–Trinajstić information content (AvgIpc) is 2.53. The van der Waals surface area contributed by atoms with Crippen LogP contribution in [0, 0.1) is 0 Å². The van der Waals surface area contributed by atoms with Crippen LogP contribution >= 0.6 is 0 Å². The summed E-state index contributed by atoms with van der Waals surface area (Å²) in [4.78, 5) is 0. The second-order valence-corrected chi connectivity index (χ2v) is 5.98. The van der Waals surface area contributed by atoms with Crippen LogP contribution in [0.5, 0.6) is 0 Å². The average molecular weight is 300 g/mol. The minimum atomic E-state index is -0.386. The van der Waals surface area contributed by atoms with E-state index in [1.54, 1.807) is 0 Å². The van der Waals surface area contributed by atoms with E-state index < -0.39 is 0 Å². The molecule has 1 rings (SSSR count). The molecule has 0 fully saturated rings. The molecule has 1 unspecified atom stereocenters. The van der Waals surface area contributed by atoms with Crippen LogP contribution in [0.2, 0.25) is 0 Å². The highest BCUT2D eigenvalue weighted by Gasteiger charge is 2.11. The second kappa shape index (κ2) is 11.3. The predicted molar refractivity (Wildman–Crippen MR) is 97.8 cm³/mol. The summed E-state index contributed by atoms with van der Waals surface area (Å²) in [5.41, 5.74) is 3.60. The van der Waals surface area contributed by atoms with Gasteiger partial charge in [-0.15, -0.1) is 0 Å². The Kier molecular flexibility index (Phi) is 9.57. The van der Waals surface area contributed by atoms with Gasteiger partial charge in [-0.3, -0.25) is 0 Å². The third kappa shape index (κ3) is 6.62. The topological polar surface area (TPSA) is 20.2 Å². The summed E-state index contributed by atoms with van der Waals surface area (Å²) in [5.74, 6) is 0. The molecule has 0 amide bonds. The molecule has 0 heterocycles. The highest BCUT2D eigenvalue weighted by Crippen LogP contribution is 2.27. The first-order valence-corrected chi connectivity index (χ1v) is 8.83. The maximum Gasteiger partial charge on any atom is 0.0730 e. The van der Waals surface area contributed by atoms with Crippen molar-refractivity contribution in [2.45, 2.75) is 71.8 Å². The Morgan fingerprint density at radius 3 is 2.32 bits per heavy atom. The van der Waals surface area contributed by atoms with E-state index in [4.69, 9.17) is 0 Å². The fourth-order valence-electron chi connectivity index (χ4n) is 2.66. The van der Waals surface area contributed by atoms with Crippen molar-refractivity contribution in [3.63, 3.8) is 0 Å². The second-order valence-electron chi connectivity index (χ2n) is 5.98. The molecule has 1 nitrogen and oxygen atoms in total. The standard InChI is InChI=1S/C21H32O/c1-4-6-8-13-17-21(19-14-11-9-12-15-19)20(18(3)22)16-10-7-5-2/h9,11-15,17-18,22H,4-8,10,16H2,1-3H3/b17-13+,21-20+. The Hall–Kier alpha value is -1.34. The summed E-state index contributed by atoms with van der Waals surface area (Å²) in [6, 6.07) is 10.5. The monoisotopic (exact) mass is 300 g/mol. The summed E-state index contributed by atoms with van der Waals surface area (Å²) in [5, 5.41) is 10.3. The van der Waals surface area contributed by atoms with E-state index in [-0.39, 0.29) is 6.10 Å². The molecule has 0 spiro atoms. The van der Waals surface area contributed by atoms with Crippen LogP contribution in [0.3, 0.4) is 0 Å². The Morgan fingerprint density at radius 1 is 1.05 bits per heavy atom. The van der Waals surface area contributed by atoms with Gasteiger partial charge in [0.05, 0.1) is 6.10 Å². The van der Waals surface area contributed by atoms with Gasteiger partial charge in [0.15, 0.2) is 0 Å². The summed E-state index contributed by atoms with van der Waals surface area (Å²) in [7, 11) is 0. The van der Waals surface area contributed by atoms with Gasteiger partial charge in [0.25, 0.3) is 0 Å². The summed E-state index contributed by atoms with van der Waals surface area (Å²) >= 11 is 0. The Morgan fingerprint density at radius 2 is 1.73 bits per heavy atom. The highest BCUT2D eigenvalue weighted by atomic mass is 16.3. The molecule has 1 atom stereocenters. The number of allylic oxidation sites excluding steroid dienone is 3. The van der Waals surface area contributed by atoms with E-state index >= 15 is 0 Å². The fraction of sp³-hybridized carbons (Fsp3) is 0.524. The maximum absolute atomic E-state index is 10.3. The first-order valence-electron chi connectivity index (χ1n) is 8.83. The van der Waals surface area contributed by atoms with Gasteiger partial charge in [0.1, 0.15) is 0 Å². The molecule has 0 aliphatic rings. The van der Waals surface area contributed by atoms with Crippen LogP contribution in [0.15, 0.2) is 48.1 Å². The molecule has 1 N–H and O–H groups in total. The third-order valence-corrected chi connectivity index (χ3v) is 3.99. The van der Waals surface area contributed by atoms with Gasteiger partial charge in [-0.05, 0) is 42.9 Å². The molecule has 22 heavy (non-hydrogen) atoms. The van der Waals surface area contributed by atoms with E-state index in [1.165, 1.54) is 42.4 Å². The normalized spacial score (nSPS) is 14.2. The Balaban J connectivity index is 3.07. The lowest BCUT2D eigenvalue weighted by Crippen LogP contribution is -2.07. The minimum Gasteiger partial charge on any atom is -0.389 e. The smallest absolute Gasteiger partial charge is 0.0730 e. The first-order chi connectivity index (χ1) is 10.7. The first kappa shape index (κ1) is 18.7. The van der Waals surface area contributed by atoms with E-state index in [1.807, 2.05) is 13.0 Å². The van der Waals surface area contributed by atoms with Crippen molar-refractivity contribution in [3.8, 4) is 0 Å². The van der Waals surface area contributed by atoms with Gasteiger partial charge in [-0.25, -0.2) is 0 Å². The zero-order valence-electron chi connectivity index (χ0n) is 14.5. The largest absolute Gasteiger partial charge is 0.389 e. The summed E-state index contributed by atoms with van der Waals surface area (Å²) in [6.07, 6.45) is 12.2. The van der Waals surface area contributed by atoms with Crippen molar-refractivity contribution < 1.29 is 5.11 Å². The molecule has 0 saturated heterocycles. The number of rotatable bonds is 10. The van der Waals surface area contributed by atoms with Gasteiger partial charge in [0, 0.05) is 0 Å². The SMILES string of the molecule is CCCC/C=C/C(=C(/CCCCC)C(C)O)c1ccccc1. The van der Waals surface area contributed by atoms with Gasteiger partial charge < -0.3 is 5.11 Å². The van der Waals surface area contributed by atoms with Crippen LogP contribution < -0.4 is 0 Å². The minimum absolute atomic E-state index is 0.386. The van der Waals surface area contributed by atoms with Crippen molar-refractivity contribution in [3.05, 3.63) is 53.6 Å². The lowest BCUT2D eigenvalue weighted by molar-refractivity contribution is 0.227. The van der Waals surface area contributed by atoms with Gasteiger partial charge in [-0.1, -0.05) is 82.0 Å². The molecule has 0 bridgehead atoms. The summed E-state index contributed by atoms with van der Waals surface area (Å²) < 4.78 is 0. The number of hydrogen-bond acceptors (Lipinski definition) is 1. The van der Waals surface area contributed by atoms with E-state index in [2.05, 4.69) is 50.3 Å². The maximum atomic E-state index is 10.3. The number of aliphatic hydroxyl groups excluding tert-OH is 1. The van der Waals surface area contributed by atoms with Crippen LogP contribution in [0.25, 0.3) is 5.57 Å². The predicted octanol–water partition coefficient (Wildman–Crippen LogP) is 6.15. The van der Waals surface area contributed by atoms with Crippen molar-refractivity contribution in [2.24, 2.45) is 0 Å². The molecule has 0 saturated carbocycles. The fourth-order valence-corrected chi connectivity index (χ4v) is 2.66. The van der Waals surface area contributed by atoms with Gasteiger partial charge >= 0.3 is 0 Å². The van der Waals surface area contributed by atoms with Gasteiger partial charge in [-0.2, -0.15) is 0 Å². The van der Waals surface area contributed by atoms with E-state index in [0.29, 0.717) is 0 Å². The molecular weight excluding hydrogens is 268 g/mol. The molecule has 1 aromatic rings. The summed E-state index contributed by atoms with van der Waals surface area (Å²) in [6.45, 7) is 6.33. The molecule has 1 heteroatoms. The Labute approximate surface area is 136 Å². The van der Waals surface area contributed by atoms with Crippen molar-refractivity contribution in [1.29, 1.82) is 0 Å². The molecule has 0 aliphatic heterocycles.